The summed E-state index contributed by atoms with van der Waals surface area (Å²) in [5, 5.41) is 0. The van der Waals surface area contributed by atoms with Crippen LogP contribution >= 0.6 is 22.6 Å². The third-order valence-electron chi connectivity index (χ3n) is 0.644. The molecule has 0 bridgehead atoms. The van der Waals surface area contributed by atoms with Gasteiger partial charge >= 0.3 is 0 Å². The molecule has 0 rings (SSSR count). The highest BCUT2D eigenvalue weighted by atomic mass is 127. The third-order valence-corrected chi connectivity index (χ3v) is 1.27. The van der Waals surface area contributed by atoms with Crippen molar-refractivity contribution in [3.05, 3.63) is 17.4 Å². The summed E-state index contributed by atoms with van der Waals surface area (Å²) in [4.78, 5) is 0. The molecule has 0 saturated carbocycles. The molecule has 1 heteroatoms. The zero-order chi connectivity index (χ0) is 6.41. The number of halogens is 1. The lowest BCUT2D eigenvalue weighted by Gasteiger charge is -1.77. The monoisotopic (exact) mass is 222 g/mol. The van der Waals surface area contributed by atoms with Crippen LogP contribution in [0.5, 0.6) is 0 Å². The van der Waals surface area contributed by atoms with Gasteiger partial charge in [-0.15, -0.1) is 5.73 Å². The summed E-state index contributed by atoms with van der Waals surface area (Å²) < 4.78 is 1.19. The Morgan fingerprint density at radius 1 is 1.62 bits per heavy atom. The summed E-state index contributed by atoms with van der Waals surface area (Å²) in [7, 11) is 0. The molecule has 46 valence electrons. The van der Waals surface area contributed by atoms with Crippen molar-refractivity contribution in [2.45, 2.75) is 20.3 Å². The zero-order valence-corrected chi connectivity index (χ0v) is 7.53. The molecule has 0 heterocycles. The third kappa shape index (κ3) is 6.25. The van der Waals surface area contributed by atoms with Crippen molar-refractivity contribution in [2.75, 3.05) is 4.43 Å². The first-order valence-corrected chi connectivity index (χ1v) is 4.24. The van der Waals surface area contributed by atoms with Gasteiger partial charge in [-0.2, -0.15) is 0 Å². The van der Waals surface area contributed by atoms with E-state index in [0.717, 1.165) is 6.42 Å². The van der Waals surface area contributed by atoms with Gasteiger partial charge < -0.3 is 0 Å². The Bertz CT molecular complexity index is 104. The summed E-state index contributed by atoms with van der Waals surface area (Å²) in [5.41, 5.74) is 4.39. The second-order valence-electron chi connectivity index (χ2n) is 1.83. The SMILES string of the molecule is CC(C)=C=CCCI. The van der Waals surface area contributed by atoms with Crippen LogP contribution in [0.15, 0.2) is 17.4 Å². The molecule has 0 N–H and O–H groups in total. The van der Waals surface area contributed by atoms with Gasteiger partial charge in [-0.1, -0.05) is 22.6 Å². The lowest BCUT2D eigenvalue weighted by molar-refractivity contribution is 1.27. The average molecular weight is 222 g/mol. The van der Waals surface area contributed by atoms with Crippen LogP contribution in [0.1, 0.15) is 20.3 Å². The van der Waals surface area contributed by atoms with Gasteiger partial charge in [-0.05, 0) is 31.9 Å². The van der Waals surface area contributed by atoms with Crippen molar-refractivity contribution in [1.29, 1.82) is 0 Å². The minimum atomic E-state index is 1.14. The lowest BCUT2D eigenvalue weighted by Crippen LogP contribution is -1.62. The number of alkyl halides is 1. The molecule has 0 amide bonds. The van der Waals surface area contributed by atoms with Gasteiger partial charge in [-0.25, -0.2) is 0 Å². The minimum absolute atomic E-state index is 1.14. The molecule has 0 aromatic rings. The van der Waals surface area contributed by atoms with Crippen LogP contribution < -0.4 is 0 Å². The van der Waals surface area contributed by atoms with Crippen LogP contribution in [0.4, 0.5) is 0 Å². The van der Waals surface area contributed by atoms with Crippen molar-refractivity contribution in [1.82, 2.24) is 0 Å². The maximum absolute atomic E-state index is 3.13. The number of rotatable bonds is 2. The fourth-order valence-corrected chi connectivity index (χ4v) is 0.642. The molecule has 0 aliphatic rings. The first kappa shape index (κ1) is 8.25. The van der Waals surface area contributed by atoms with Crippen LogP contribution in [-0.4, -0.2) is 4.43 Å². The highest BCUT2D eigenvalue weighted by molar-refractivity contribution is 14.1. The molecule has 0 atom stereocenters. The van der Waals surface area contributed by atoms with E-state index in [4.69, 9.17) is 0 Å². The van der Waals surface area contributed by atoms with Gasteiger partial charge in [0.05, 0.1) is 0 Å². The predicted molar refractivity (Wildman–Crippen MR) is 46.4 cm³/mol. The Labute approximate surface area is 64.8 Å². The van der Waals surface area contributed by atoms with Crippen LogP contribution in [0, 0.1) is 0 Å². The number of hydrogen-bond donors (Lipinski definition) is 0. The van der Waals surface area contributed by atoms with Gasteiger partial charge in [0.1, 0.15) is 0 Å². The molecule has 0 saturated heterocycles. The van der Waals surface area contributed by atoms with E-state index in [1.165, 1.54) is 10.0 Å². The molecule has 0 spiro atoms. The van der Waals surface area contributed by atoms with Gasteiger partial charge in [0.15, 0.2) is 0 Å². The van der Waals surface area contributed by atoms with E-state index in [9.17, 15) is 0 Å². The second-order valence-corrected chi connectivity index (χ2v) is 2.90. The number of hydrogen-bond acceptors (Lipinski definition) is 0. The van der Waals surface area contributed by atoms with E-state index in [1.807, 2.05) is 0 Å². The van der Waals surface area contributed by atoms with Crippen LogP contribution in [-0.2, 0) is 0 Å². The number of allylic oxidation sites excluding steroid dienone is 1. The van der Waals surface area contributed by atoms with Gasteiger partial charge in [0, 0.05) is 4.43 Å². The van der Waals surface area contributed by atoms with Crippen LogP contribution in [0.2, 0.25) is 0 Å². The van der Waals surface area contributed by atoms with Crippen molar-refractivity contribution < 1.29 is 0 Å². The fourth-order valence-electron chi connectivity index (χ4n) is 0.331. The van der Waals surface area contributed by atoms with Crippen molar-refractivity contribution in [2.24, 2.45) is 0 Å². The second kappa shape index (κ2) is 5.39. The smallest absolute Gasteiger partial charge is 0.00360 e. The first-order chi connectivity index (χ1) is 3.77. The van der Waals surface area contributed by atoms with Gasteiger partial charge in [-0.3, -0.25) is 0 Å². The molecular formula is C7H11I. The van der Waals surface area contributed by atoms with E-state index in [1.54, 1.807) is 0 Å². The molecule has 0 radical (unpaired) electrons. The summed E-state index contributed by atoms with van der Waals surface area (Å²) >= 11 is 2.35. The summed E-state index contributed by atoms with van der Waals surface area (Å²) in [6.07, 6.45) is 3.23. The predicted octanol–water partition coefficient (Wildman–Crippen LogP) is 2.93. The molecule has 0 aliphatic carbocycles. The summed E-state index contributed by atoms with van der Waals surface area (Å²) in [6, 6.07) is 0. The quantitative estimate of drug-likeness (QED) is 0.382. The van der Waals surface area contributed by atoms with Crippen molar-refractivity contribution in [3.8, 4) is 0 Å². The largest absolute Gasteiger partial charge is 0.127 e. The van der Waals surface area contributed by atoms with Crippen LogP contribution in [0.3, 0.4) is 0 Å². The van der Waals surface area contributed by atoms with Gasteiger partial charge in [0.25, 0.3) is 0 Å². The first-order valence-electron chi connectivity index (χ1n) is 2.71. The zero-order valence-electron chi connectivity index (χ0n) is 5.37. The van der Waals surface area contributed by atoms with E-state index in [2.05, 4.69) is 48.2 Å². The van der Waals surface area contributed by atoms with E-state index >= 15 is 0 Å². The van der Waals surface area contributed by atoms with Crippen molar-refractivity contribution >= 4 is 22.6 Å². The Hall–Kier alpha value is 0.250. The minimum Gasteiger partial charge on any atom is -0.127 e. The molecule has 0 aromatic heterocycles. The van der Waals surface area contributed by atoms with E-state index in [0.29, 0.717) is 0 Å². The summed E-state index contributed by atoms with van der Waals surface area (Å²) in [5.74, 6) is 0. The maximum Gasteiger partial charge on any atom is 0.00360 e. The molecule has 0 nitrogen and oxygen atoms in total. The Morgan fingerprint density at radius 3 is 2.62 bits per heavy atom. The molecule has 0 aromatic carbocycles. The standard InChI is InChI=1S/C7H11I/c1-7(2)5-3-4-6-8/h3H,4,6H2,1-2H3. The molecular weight excluding hydrogens is 211 g/mol. The van der Waals surface area contributed by atoms with Crippen LogP contribution in [0.25, 0.3) is 0 Å². The molecule has 0 aliphatic heterocycles. The highest BCUT2D eigenvalue weighted by Gasteiger charge is 1.70. The fraction of sp³-hybridized carbons (Fsp3) is 0.571. The normalized spacial score (nSPS) is 7.88. The van der Waals surface area contributed by atoms with E-state index in [-0.39, 0.29) is 0 Å². The maximum atomic E-state index is 3.13. The molecule has 0 unspecified atom stereocenters. The Morgan fingerprint density at radius 2 is 2.25 bits per heavy atom. The lowest BCUT2D eigenvalue weighted by atomic mass is 10.3. The Kier molecular flexibility index (Phi) is 5.56. The summed E-state index contributed by atoms with van der Waals surface area (Å²) in [6.45, 7) is 4.12. The van der Waals surface area contributed by atoms with E-state index < -0.39 is 0 Å². The molecule has 8 heavy (non-hydrogen) atoms. The van der Waals surface area contributed by atoms with Gasteiger partial charge in [0.2, 0.25) is 0 Å². The topological polar surface area (TPSA) is 0 Å². The average Bonchev–Trinajstić information content (AvgIpc) is 1.66. The highest BCUT2D eigenvalue weighted by Crippen LogP contribution is 1.90. The van der Waals surface area contributed by atoms with Crippen molar-refractivity contribution in [3.63, 3.8) is 0 Å². The Balaban J connectivity index is 3.48. The molecule has 0 fully saturated rings.